The van der Waals surface area contributed by atoms with Crippen LogP contribution in [0.2, 0.25) is 5.02 Å². The van der Waals surface area contributed by atoms with Crippen molar-refractivity contribution >= 4 is 17.5 Å². The molecule has 1 aliphatic carbocycles. The van der Waals surface area contributed by atoms with Crippen LogP contribution >= 0.6 is 11.6 Å². The third-order valence-electron chi connectivity index (χ3n) is 4.28. The first kappa shape index (κ1) is 14.6. The van der Waals surface area contributed by atoms with Gasteiger partial charge in [-0.2, -0.15) is 0 Å². The van der Waals surface area contributed by atoms with E-state index in [9.17, 15) is 4.79 Å². The second-order valence-corrected chi connectivity index (χ2v) is 6.50. The van der Waals surface area contributed by atoms with Crippen molar-refractivity contribution in [3.63, 3.8) is 0 Å². The molecule has 0 saturated heterocycles. The molecule has 1 saturated carbocycles. The Labute approximate surface area is 139 Å². The highest BCUT2D eigenvalue weighted by atomic mass is 35.5. The van der Waals surface area contributed by atoms with Crippen LogP contribution in [0.25, 0.3) is 0 Å². The number of carbonyl (C=O) groups excluding carboxylic acids is 1. The molecule has 2 aromatic rings. The van der Waals surface area contributed by atoms with Gasteiger partial charge in [0.1, 0.15) is 12.0 Å². The first-order valence-corrected chi connectivity index (χ1v) is 8.25. The molecule has 4 rings (SSSR count). The minimum Gasteiger partial charge on any atom is -0.492 e. The van der Waals surface area contributed by atoms with Crippen molar-refractivity contribution in [1.29, 1.82) is 0 Å². The van der Waals surface area contributed by atoms with Gasteiger partial charge in [-0.3, -0.25) is 4.79 Å². The molecule has 5 nitrogen and oxygen atoms in total. The van der Waals surface area contributed by atoms with E-state index in [4.69, 9.17) is 20.8 Å². The lowest BCUT2D eigenvalue weighted by Crippen LogP contribution is -2.32. The van der Waals surface area contributed by atoms with Gasteiger partial charge in [-0.05, 0) is 24.8 Å². The Morgan fingerprint density at radius 2 is 2.22 bits per heavy atom. The maximum absolute atomic E-state index is 12.4. The second kappa shape index (κ2) is 5.89. The van der Waals surface area contributed by atoms with Crippen molar-refractivity contribution in [3.05, 3.63) is 46.6 Å². The molecule has 1 N–H and O–H groups in total. The molecule has 23 heavy (non-hydrogen) atoms. The van der Waals surface area contributed by atoms with Gasteiger partial charge in [-0.1, -0.05) is 23.7 Å². The van der Waals surface area contributed by atoms with Crippen LogP contribution in [0, 0.1) is 5.92 Å². The number of para-hydroxylation sites is 1. The Morgan fingerprint density at radius 1 is 1.35 bits per heavy atom. The summed E-state index contributed by atoms with van der Waals surface area (Å²) in [7, 11) is 0. The average molecular weight is 333 g/mol. The number of fused-ring (bicyclic) bond motifs is 1. The number of carbonyl (C=O) groups is 1. The van der Waals surface area contributed by atoms with Crippen molar-refractivity contribution in [3.8, 4) is 5.75 Å². The Hall–Kier alpha value is -2.01. The maximum Gasteiger partial charge on any atom is 0.273 e. The molecule has 2 heterocycles. The fraction of sp³-hybridized carbons (Fsp3) is 0.412. The van der Waals surface area contributed by atoms with Crippen LogP contribution in [0.5, 0.6) is 5.75 Å². The summed E-state index contributed by atoms with van der Waals surface area (Å²) in [6, 6.07) is 5.44. The molecular weight excluding hydrogens is 316 g/mol. The molecule has 1 aliphatic heterocycles. The van der Waals surface area contributed by atoms with Gasteiger partial charge in [0.25, 0.3) is 5.91 Å². The van der Waals surface area contributed by atoms with E-state index in [-0.39, 0.29) is 11.9 Å². The molecular formula is C17H17ClN2O3. The van der Waals surface area contributed by atoms with Crippen LogP contribution in [0.15, 0.2) is 28.9 Å². The summed E-state index contributed by atoms with van der Waals surface area (Å²) in [6.45, 7) is 0.521. The minimum absolute atomic E-state index is 0.131. The van der Waals surface area contributed by atoms with Crippen LogP contribution in [-0.2, 0) is 6.42 Å². The van der Waals surface area contributed by atoms with E-state index >= 15 is 0 Å². The summed E-state index contributed by atoms with van der Waals surface area (Å²) in [5.41, 5.74) is 1.23. The summed E-state index contributed by atoms with van der Waals surface area (Å²) in [4.78, 5) is 16.7. The highest BCUT2D eigenvalue weighted by Crippen LogP contribution is 2.37. The lowest BCUT2D eigenvalue weighted by Gasteiger charge is -2.27. The van der Waals surface area contributed by atoms with Gasteiger partial charge in [0.15, 0.2) is 11.6 Å². The standard InChI is InChI=1S/C17H17ClN2O3/c18-12-3-1-2-11-13(6-7-22-16(11)12)20-17(21)14-9-23-15(19-14)8-10-4-5-10/h1-3,9-10,13H,4-8H2,(H,20,21). The zero-order valence-electron chi connectivity index (χ0n) is 12.5. The normalized spacial score (nSPS) is 19.8. The van der Waals surface area contributed by atoms with Gasteiger partial charge in [0.2, 0.25) is 0 Å². The third kappa shape index (κ3) is 3.06. The summed E-state index contributed by atoms with van der Waals surface area (Å²) in [5, 5.41) is 3.57. The first-order chi connectivity index (χ1) is 11.2. The number of nitrogens with zero attached hydrogens (tertiary/aromatic N) is 1. The summed E-state index contributed by atoms with van der Waals surface area (Å²) in [5.74, 6) is 1.75. The molecule has 0 bridgehead atoms. The zero-order chi connectivity index (χ0) is 15.8. The molecule has 1 fully saturated rings. The number of benzene rings is 1. The van der Waals surface area contributed by atoms with Crippen LogP contribution in [0.3, 0.4) is 0 Å². The van der Waals surface area contributed by atoms with Crippen molar-refractivity contribution in [2.75, 3.05) is 6.61 Å². The highest BCUT2D eigenvalue weighted by Gasteiger charge is 2.27. The van der Waals surface area contributed by atoms with Gasteiger partial charge in [-0.25, -0.2) is 4.98 Å². The van der Waals surface area contributed by atoms with Crippen molar-refractivity contribution in [2.45, 2.75) is 31.7 Å². The number of oxazole rings is 1. The Bertz CT molecular complexity index is 739. The van der Waals surface area contributed by atoms with E-state index < -0.39 is 0 Å². The molecule has 0 spiro atoms. The first-order valence-electron chi connectivity index (χ1n) is 7.87. The quantitative estimate of drug-likeness (QED) is 0.930. The number of nitrogens with one attached hydrogen (secondary N) is 1. The fourth-order valence-corrected chi connectivity index (χ4v) is 3.08. The monoisotopic (exact) mass is 332 g/mol. The maximum atomic E-state index is 12.4. The van der Waals surface area contributed by atoms with Gasteiger partial charge < -0.3 is 14.5 Å². The molecule has 2 aliphatic rings. The van der Waals surface area contributed by atoms with Crippen molar-refractivity contribution < 1.29 is 13.9 Å². The fourth-order valence-electron chi connectivity index (χ4n) is 2.85. The Morgan fingerprint density at radius 3 is 3.04 bits per heavy atom. The van der Waals surface area contributed by atoms with Crippen molar-refractivity contribution in [2.24, 2.45) is 5.92 Å². The van der Waals surface area contributed by atoms with Crippen LogP contribution in [-0.4, -0.2) is 17.5 Å². The van der Waals surface area contributed by atoms with Gasteiger partial charge in [0, 0.05) is 18.4 Å². The molecule has 120 valence electrons. The van der Waals surface area contributed by atoms with Gasteiger partial charge >= 0.3 is 0 Å². The van der Waals surface area contributed by atoms with Crippen LogP contribution in [0.4, 0.5) is 0 Å². The van der Waals surface area contributed by atoms with E-state index in [0.29, 0.717) is 41.3 Å². The van der Waals surface area contributed by atoms with Crippen LogP contribution in [0.1, 0.15) is 47.2 Å². The number of halogens is 1. The number of hydrogen-bond acceptors (Lipinski definition) is 4. The predicted octanol–water partition coefficient (Wildman–Crippen LogP) is 3.53. The molecule has 1 atom stereocenters. The highest BCUT2D eigenvalue weighted by molar-refractivity contribution is 6.32. The topological polar surface area (TPSA) is 64.4 Å². The van der Waals surface area contributed by atoms with Gasteiger partial charge in [-0.15, -0.1) is 0 Å². The molecule has 0 radical (unpaired) electrons. The molecule has 1 unspecified atom stereocenters. The van der Waals surface area contributed by atoms with E-state index in [0.717, 1.165) is 12.0 Å². The predicted molar refractivity (Wildman–Crippen MR) is 84.7 cm³/mol. The SMILES string of the molecule is O=C(NC1CCOc2c(Cl)cccc21)c1coc(CC2CC2)n1. The largest absolute Gasteiger partial charge is 0.492 e. The third-order valence-corrected chi connectivity index (χ3v) is 4.57. The van der Waals surface area contributed by atoms with E-state index in [2.05, 4.69) is 10.3 Å². The van der Waals surface area contributed by atoms with Crippen LogP contribution < -0.4 is 10.1 Å². The molecule has 6 heteroatoms. The van der Waals surface area contributed by atoms with E-state index in [1.807, 2.05) is 12.1 Å². The minimum atomic E-state index is -0.228. The van der Waals surface area contributed by atoms with E-state index in [1.165, 1.54) is 19.1 Å². The smallest absolute Gasteiger partial charge is 0.273 e. The number of rotatable bonds is 4. The number of ether oxygens (including phenoxy) is 1. The summed E-state index contributed by atoms with van der Waals surface area (Å²) in [6.07, 6.45) is 5.41. The summed E-state index contributed by atoms with van der Waals surface area (Å²) < 4.78 is 11.0. The van der Waals surface area contributed by atoms with Crippen molar-refractivity contribution in [1.82, 2.24) is 10.3 Å². The lowest BCUT2D eigenvalue weighted by molar-refractivity contribution is 0.0919. The van der Waals surface area contributed by atoms with Gasteiger partial charge in [0.05, 0.1) is 17.7 Å². The second-order valence-electron chi connectivity index (χ2n) is 6.10. The number of hydrogen-bond donors (Lipinski definition) is 1. The lowest BCUT2D eigenvalue weighted by atomic mass is 10.0. The average Bonchev–Trinajstić information content (AvgIpc) is 3.23. The summed E-state index contributed by atoms with van der Waals surface area (Å²) >= 11 is 6.15. The molecule has 1 aromatic heterocycles. The van der Waals surface area contributed by atoms with E-state index in [1.54, 1.807) is 6.07 Å². The molecule has 1 amide bonds. The molecule has 1 aromatic carbocycles. The Kier molecular flexibility index (Phi) is 3.73. The zero-order valence-corrected chi connectivity index (χ0v) is 13.3. The Balaban J connectivity index is 1.49. The number of amides is 1. The number of aromatic nitrogens is 1.